The van der Waals surface area contributed by atoms with Crippen molar-refractivity contribution >= 4 is 16.9 Å². The van der Waals surface area contributed by atoms with Crippen molar-refractivity contribution in [3.63, 3.8) is 0 Å². The number of pyridine rings is 1. The fraction of sp³-hybridized carbons (Fsp3) is 0.435. The van der Waals surface area contributed by atoms with E-state index in [1.807, 2.05) is 18.3 Å². The molecule has 5 rings (SSSR count). The molecule has 2 aliphatic rings. The maximum atomic E-state index is 9.93. The lowest BCUT2D eigenvalue weighted by Gasteiger charge is -2.29. The first-order chi connectivity index (χ1) is 14.8. The van der Waals surface area contributed by atoms with Crippen LogP contribution in [0, 0.1) is 0 Å². The Kier molecular flexibility index (Phi) is 5.46. The molecule has 4 heterocycles. The molecule has 0 saturated carbocycles. The number of nitrogens with zero attached hydrogens (tertiary/aromatic N) is 5. The number of hydrogen-bond donors (Lipinski definition) is 1. The van der Waals surface area contributed by atoms with Crippen molar-refractivity contribution in [2.75, 3.05) is 44.3 Å². The maximum absolute atomic E-state index is 9.93. The highest BCUT2D eigenvalue weighted by Crippen LogP contribution is 2.29. The minimum Gasteiger partial charge on any atom is -0.508 e. The smallest absolute Gasteiger partial charge is 0.162 e. The lowest BCUT2D eigenvalue weighted by Crippen LogP contribution is -2.37. The summed E-state index contributed by atoms with van der Waals surface area (Å²) in [6, 6.07) is 9.25. The SMILES string of the molecule is Oc1cccc(-c2nc(N3CCOCC3)c3ncc(CN4CCCCC4)cc3n2)c1. The number of anilines is 1. The highest BCUT2D eigenvalue weighted by Gasteiger charge is 2.20. The van der Waals surface area contributed by atoms with Gasteiger partial charge in [-0.2, -0.15) is 0 Å². The largest absolute Gasteiger partial charge is 0.508 e. The minimum atomic E-state index is 0.209. The zero-order valence-electron chi connectivity index (χ0n) is 17.1. The summed E-state index contributed by atoms with van der Waals surface area (Å²) >= 11 is 0. The summed E-state index contributed by atoms with van der Waals surface area (Å²) in [4.78, 5) is 19.2. The van der Waals surface area contributed by atoms with Crippen LogP contribution in [-0.4, -0.2) is 64.4 Å². The Morgan fingerprint density at radius 1 is 0.967 bits per heavy atom. The van der Waals surface area contributed by atoms with Crippen molar-refractivity contribution in [3.8, 4) is 17.1 Å². The van der Waals surface area contributed by atoms with E-state index in [9.17, 15) is 5.11 Å². The summed E-state index contributed by atoms with van der Waals surface area (Å²) in [5, 5.41) is 9.93. The Balaban J connectivity index is 1.57. The van der Waals surface area contributed by atoms with Crippen molar-refractivity contribution in [3.05, 3.63) is 42.1 Å². The third-order valence-electron chi connectivity index (χ3n) is 5.84. The van der Waals surface area contributed by atoms with Gasteiger partial charge in [-0.05, 0) is 49.7 Å². The predicted molar refractivity (Wildman–Crippen MR) is 117 cm³/mol. The van der Waals surface area contributed by atoms with Gasteiger partial charge >= 0.3 is 0 Å². The summed E-state index contributed by atoms with van der Waals surface area (Å²) in [5.74, 6) is 1.66. The summed E-state index contributed by atoms with van der Waals surface area (Å²) in [6.45, 7) is 6.12. The molecule has 0 unspecified atom stereocenters. The van der Waals surface area contributed by atoms with Crippen molar-refractivity contribution in [2.24, 2.45) is 0 Å². The Bertz CT molecular complexity index is 1030. The van der Waals surface area contributed by atoms with Gasteiger partial charge < -0.3 is 14.7 Å². The number of piperidine rings is 1. The summed E-state index contributed by atoms with van der Waals surface area (Å²) in [7, 11) is 0. The van der Waals surface area contributed by atoms with E-state index < -0.39 is 0 Å². The monoisotopic (exact) mass is 405 g/mol. The fourth-order valence-electron chi connectivity index (χ4n) is 4.28. The number of ether oxygens (including phenoxy) is 1. The van der Waals surface area contributed by atoms with E-state index in [1.54, 1.807) is 12.1 Å². The Labute approximate surface area is 176 Å². The second-order valence-electron chi connectivity index (χ2n) is 8.07. The molecular weight excluding hydrogens is 378 g/mol. The van der Waals surface area contributed by atoms with Crippen molar-refractivity contribution < 1.29 is 9.84 Å². The number of fused-ring (bicyclic) bond motifs is 1. The predicted octanol–water partition coefficient (Wildman–Crippen LogP) is 3.22. The average Bonchev–Trinajstić information content (AvgIpc) is 2.79. The number of aromatic hydroxyl groups is 1. The Morgan fingerprint density at radius 2 is 1.80 bits per heavy atom. The molecule has 2 fully saturated rings. The van der Waals surface area contributed by atoms with Gasteiger partial charge in [-0.25, -0.2) is 9.97 Å². The quantitative estimate of drug-likeness (QED) is 0.714. The van der Waals surface area contributed by atoms with Crippen molar-refractivity contribution in [1.82, 2.24) is 19.9 Å². The molecule has 2 saturated heterocycles. The van der Waals surface area contributed by atoms with Gasteiger partial charge in [0.05, 0.1) is 18.7 Å². The van der Waals surface area contributed by atoms with E-state index in [0.29, 0.717) is 19.0 Å². The van der Waals surface area contributed by atoms with Gasteiger partial charge in [0.25, 0.3) is 0 Å². The van der Waals surface area contributed by atoms with Crippen LogP contribution in [-0.2, 0) is 11.3 Å². The number of aromatic nitrogens is 3. The van der Waals surface area contributed by atoms with Crippen LogP contribution < -0.4 is 4.90 Å². The molecule has 2 aliphatic heterocycles. The summed E-state index contributed by atoms with van der Waals surface area (Å²) < 4.78 is 5.52. The zero-order chi connectivity index (χ0) is 20.3. The molecule has 0 atom stereocenters. The molecule has 0 spiro atoms. The molecule has 3 aromatic rings. The van der Waals surface area contributed by atoms with E-state index in [1.165, 1.54) is 24.8 Å². The van der Waals surface area contributed by atoms with Crippen LogP contribution >= 0.6 is 0 Å². The Hall–Kier alpha value is -2.77. The molecule has 0 bridgehead atoms. The maximum Gasteiger partial charge on any atom is 0.162 e. The standard InChI is InChI=1S/C23H27N5O2/c29-19-6-4-5-18(14-19)22-25-20-13-17(16-27-7-2-1-3-8-27)15-24-21(20)23(26-22)28-9-11-30-12-10-28/h4-6,13-15,29H,1-3,7-12,16H2. The number of hydrogen-bond acceptors (Lipinski definition) is 7. The van der Waals surface area contributed by atoms with Crippen molar-refractivity contribution in [1.29, 1.82) is 0 Å². The van der Waals surface area contributed by atoms with Gasteiger partial charge in [0.2, 0.25) is 0 Å². The van der Waals surface area contributed by atoms with Crippen LogP contribution in [0.3, 0.4) is 0 Å². The molecule has 0 radical (unpaired) electrons. The van der Waals surface area contributed by atoms with Crippen LogP contribution in [0.25, 0.3) is 22.4 Å². The lowest BCUT2D eigenvalue weighted by molar-refractivity contribution is 0.122. The third-order valence-corrected chi connectivity index (χ3v) is 5.84. The first kappa shape index (κ1) is 19.2. The van der Waals surface area contributed by atoms with E-state index in [4.69, 9.17) is 19.7 Å². The number of likely N-dealkylation sites (tertiary alicyclic amines) is 1. The summed E-state index contributed by atoms with van der Waals surface area (Å²) in [5.41, 5.74) is 3.65. The highest BCUT2D eigenvalue weighted by atomic mass is 16.5. The van der Waals surface area contributed by atoms with Gasteiger partial charge in [-0.15, -0.1) is 0 Å². The highest BCUT2D eigenvalue weighted by molar-refractivity contribution is 5.88. The lowest BCUT2D eigenvalue weighted by atomic mass is 10.1. The van der Waals surface area contributed by atoms with Gasteiger partial charge in [-0.1, -0.05) is 18.6 Å². The zero-order valence-corrected chi connectivity index (χ0v) is 17.1. The van der Waals surface area contributed by atoms with Gasteiger partial charge in [0.1, 0.15) is 11.3 Å². The molecule has 0 amide bonds. The van der Waals surface area contributed by atoms with E-state index in [-0.39, 0.29) is 5.75 Å². The number of phenolic OH excluding ortho intramolecular Hbond substituents is 1. The Morgan fingerprint density at radius 3 is 2.60 bits per heavy atom. The number of phenols is 1. The van der Waals surface area contributed by atoms with Gasteiger partial charge in [0, 0.05) is 31.4 Å². The van der Waals surface area contributed by atoms with Crippen LogP contribution in [0.4, 0.5) is 5.82 Å². The second-order valence-corrected chi connectivity index (χ2v) is 8.07. The van der Waals surface area contributed by atoms with Gasteiger partial charge in [0.15, 0.2) is 11.6 Å². The number of rotatable bonds is 4. The molecule has 0 aliphatic carbocycles. The average molecular weight is 406 g/mol. The first-order valence-corrected chi connectivity index (χ1v) is 10.8. The van der Waals surface area contributed by atoms with Crippen LogP contribution in [0.5, 0.6) is 5.75 Å². The minimum absolute atomic E-state index is 0.209. The molecule has 7 heteroatoms. The second kappa shape index (κ2) is 8.53. The fourth-order valence-corrected chi connectivity index (χ4v) is 4.28. The molecule has 156 valence electrons. The van der Waals surface area contributed by atoms with E-state index in [2.05, 4.69) is 15.9 Å². The first-order valence-electron chi connectivity index (χ1n) is 10.8. The third kappa shape index (κ3) is 4.08. The van der Waals surface area contributed by atoms with Crippen LogP contribution in [0.15, 0.2) is 36.5 Å². The molecule has 30 heavy (non-hydrogen) atoms. The van der Waals surface area contributed by atoms with Gasteiger partial charge in [-0.3, -0.25) is 9.88 Å². The normalized spacial score (nSPS) is 18.1. The molecule has 1 aromatic carbocycles. The van der Waals surface area contributed by atoms with E-state index >= 15 is 0 Å². The topological polar surface area (TPSA) is 74.6 Å². The number of morpholine rings is 1. The van der Waals surface area contributed by atoms with Crippen LogP contribution in [0.1, 0.15) is 24.8 Å². The van der Waals surface area contributed by atoms with E-state index in [0.717, 1.165) is 55.1 Å². The summed E-state index contributed by atoms with van der Waals surface area (Å²) in [6.07, 6.45) is 5.84. The molecule has 7 nitrogen and oxygen atoms in total. The molecular formula is C23H27N5O2. The van der Waals surface area contributed by atoms with Crippen LogP contribution in [0.2, 0.25) is 0 Å². The molecule has 1 N–H and O–H groups in total. The van der Waals surface area contributed by atoms with Crippen molar-refractivity contribution in [2.45, 2.75) is 25.8 Å². The molecule has 2 aromatic heterocycles. The number of benzene rings is 1.